The Morgan fingerprint density at radius 2 is 1.96 bits per heavy atom. The Morgan fingerprint density at radius 3 is 2.70 bits per heavy atom. The number of hydrogen-bond acceptors (Lipinski definition) is 1. The van der Waals surface area contributed by atoms with Gasteiger partial charge in [0.1, 0.15) is 0 Å². The summed E-state index contributed by atoms with van der Waals surface area (Å²) in [4.78, 5) is 3.77. The van der Waals surface area contributed by atoms with Gasteiger partial charge in [-0.1, -0.05) is 55.5 Å². The van der Waals surface area contributed by atoms with E-state index in [0.717, 1.165) is 17.5 Å². The number of aromatic nitrogens is 2. The molecule has 2 atom stereocenters. The van der Waals surface area contributed by atoms with Crippen LogP contribution in [0.3, 0.4) is 0 Å². The van der Waals surface area contributed by atoms with E-state index in [1.807, 2.05) is 30.3 Å². The highest BCUT2D eigenvalue weighted by Gasteiger charge is 2.23. The number of nitrogens with zero attached hydrogens (tertiary/aromatic N) is 2. The molecule has 0 saturated heterocycles. The van der Waals surface area contributed by atoms with E-state index in [9.17, 15) is 4.39 Å². The van der Waals surface area contributed by atoms with E-state index in [0.29, 0.717) is 5.92 Å². The molecule has 3 aromatic rings. The molecule has 0 N–H and O–H groups in total. The molecule has 23 heavy (non-hydrogen) atoms. The van der Waals surface area contributed by atoms with Crippen molar-refractivity contribution < 1.29 is 4.39 Å². The summed E-state index contributed by atoms with van der Waals surface area (Å²) in [5, 5.41) is 0. The molecule has 116 valence electrons. The van der Waals surface area contributed by atoms with Crippen molar-refractivity contribution in [3.05, 3.63) is 89.3 Å². The van der Waals surface area contributed by atoms with Crippen LogP contribution in [0.2, 0.25) is 0 Å². The van der Waals surface area contributed by atoms with Gasteiger partial charge in [0.15, 0.2) is 0 Å². The van der Waals surface area contributed by atoms with E-state index in [4.69, 9.17) is 0 Å². The number of rotatable bonds is 3. The first-order valence-electron chi connectivity index (χ1n) is 8.10. The van der Waals surface area contributed by atoms with Crippen molar-refractivity contribution in [2.24, 2.45) is 0 Å². The van der Waals surface area contributed by atoms with Crippen molar-refractivity contribution in [3.8, 4) is 0 Å². The summed E-state index contributed by atoms with van der Waals surface area (Å²) in [7, 11) is 0. The fourth-order valence-corrected chi connectivity index (χ4v) is 3.63. The zero-order valence-corrected chi connectivity index (χ0v) is 13.1. The first-order valence-corrected chi connectivity index (χ1v) is 8.10. The lowest BCUT2D eigenvalue weighted by molar-refractivity contribution is 0.459. The molecule has 2 aromatic carbocycles. The summed E-state index contributed by atoms with van der Waals surface area (Å²) in [6, 6.07) is 16.5. The number of imidazole rings is 1. The van der Waals surface area contributed by atoms with Gasteiger partial charge < -0.3 is 0 Å². The van der Waals surface area contributed by atoms with Gasteiger partial charge >= 0.3 is 0 Å². The van der Waals surface area contributed by atoms with Crippen LogP contribution in [-0.4, -0.2) is 9.55 Å². The van der Waals surface area contributed by atoms with Gasteiger partial charge in [-0.2, -0.15) is 4.39 Å². The van der Waals surface area contributed by atoms with Gasteiger partial charge in [0.05, 0.1) is 6.04 Å². The molecule has 0 amide bonds. The predicted octanol–water partition coefficient (Wildman–Crippen LogP) is 4.71. The molecular weight excluding hydrogens is 287 g/mol. The molecule has 1 heterocycles. The highest BCUT2D eigenvalue weighted by molar-refractivity contribution is 5.42. The number of halogens is 1. The smallest absolute Gasteiger partial charge is 0.289 e. The first-order chi connectivity index (χ1) is 11.2. The molecule has 4 rings (SSSR count). The van der Waals surface area contributed by atoms with Gasteiger partial charge in [-0.15, -0.1) is 0 Å². The maximum atomic E-state index is 14.2. The maximum Gasteiger partial charge on any atom is 0.289 e. The second kappa shape index (κ2) is 5.65. The molecule has 1 aromatic heterocycles. The van der Waals surface area contributed by atoms with Crippen LogP contribution >= 0.6 is 0 Å². The van der Waals surface area contributed by atoms with E-state index in [2.05, 4.69) is 30.1 Å². The molecule has 3 heteroatoms. The predicted molar refractivity (Wildman–Crippen MR) is 89.0 cm³/mol. The van der Waals surface area contributed by atoms with Gasteiger partial charge in [-0.05, 0) is 41.0 Å². The van der Waals surface area contributed by atoms with Crippen molar-refractivity contribution in [1.82, 2.24) is 9.55 Å². The first kappa shape index (κ1) is 14.2. The van der Waals surface area contributed by atoms with Crippen LogP contribution in [0, 0.1) is 6.08 Å². The van der Waals surface area contributed by atoms with Crippen LogP contribution in [-0.2, 0) is 6.42 Å². The van der Waals surface area contributed by atoms with E-state index in [-0.39, 0.29) is 6.04 Å². The Hall–Kier alpha value is -2.42. The molecule has 1 aliphatic carbocycles. The Labute approximate surface area is 135 Å². The Balaban J connectivity index is 1.87. The highest BCUT2D eigenvalue weighted by Crippen LogP contribution is 2.36. The molecule has 2 nitrogen and oxygen atoms in total. The molecule has 0 fully saturated rings. The monoisotopic (exact) mass is 306 g/mol. The summed E-state index contributed by atoms with van der Waals surface area (Å²) in [5.74, 6) is 0.578. The molecular formula is C20H19FN2. The number of fused-ring (bicyclic) bond motifs is 1. The Morgan fingerprint density at radius 1 is 1.13 bits per heavy atom. The van der Waals surface area contributed by atoms with Gasteiger partial charge in [0.25, 0.3) is 6.08 Å². The van der Waals surface area contributed by atoms with Gasteiger partial charge in [0, 0.05) is 12.4 Å². The summed E-state index contributed by atoms with van der Waals surface area (Å²) in [6.45, 7) is 2.27. The topological polar surface area (TPSA) is 17.8 Å². The SMILES string of the molecule is CC1CCc2ccc(C(c3ccccc3)n3ccnc3F)cc21. The van der Waals surface area contributed by atoms with E-state index >= 15 is 0 Å². The van der Waals surface area contributed by atoms with Crippen LogP contribution in [0.5, 0.6) is 0 Å². The van der Waals surface area contributed by atoms with E-state index in [1.165, 1.54) is 23.7 Å². The zero-order valence-electron chi connectivity index (χ0n) is 13.1. The van der Waals surface area contributed by atoms with Crippen molar-refractivity contribution in [2.75, 3.05) is 0 Å². The normalized spacial score (nSPS) is 17.9. The molecule has 0 radical (unpaired) electrons. The second-order valence-electron chi connectivity index (χ2n) is 6.31. The summed E-state index contributed by atoms with van der Waals surface area (Å²) < 4.78 is 15.8. The fourth-order valence-electron chi connectivity index (χ4n) is 3.63. The number of benzene rings is 2. The highest BCUT2D eigenvalue weighted by atomic mass is 19.1. The minimum atomic E-state index is -0.451. The van der Waals surface area contributed by atoms with E-state index in [1.54, 1.807) is 10.8 Å². The van der Waals surface area contributed by atoms with Crippen molar-refractivity contribution in [1.29, 1.82) is 0 Å². The third-order valence-corrected chi connectivity index (χ3v) is 4.88. The lowest BCUT2D eigenvalue weighted by atomic mass is 9.93. The molecule has 0 spiro atoms. The minimum absolute atomic E-state index is 0.184. The van der Waals surface area contributed by atoms with Gasteiger partial charge in [-0.25, -0.2) is 4.98 Å². The zero-order chi connectivity index (χ0) is 15.8. The fraction of sp³-hybridized carbons (Fsp3) is 0.250. The number of hydrogen-bond donors (Lipinski definition) is 0. The van der Waals surface area contributed by atoms with Crippen LogP contribution < -0.4 is 0 Å². The standard InChI is InChI=1S/C20H19FN2/c1-14-7-8-15-9-10-17(13-18(14)15)19(16-5-3-2-4-6-16)23-12-11-22-20(23)21/h2-6,9-14,19H,7-8H2,1H3. The molecule has 0 aliphatic heterocycles. The van der Waals surface area contributed by atoms with Gasteiger partial charge in [0.2, 0.25) is 0 Å². The van der Waals surface area contributed by atoms with Crippen LogP contribution in [0.1, 0.15) is 47.6 Å². The van der Waals surface area contributed by atoms with Crippen molar-refractivity contribution in [3.63, 3.8) is 0 Å². The summed E-state index contributed by atoms with van der Waals surface area (Å²) in [6.07, 6.45) is 5.12. The van der Waals surface area contributed by atoms with Crippen molar-refractivity contribution in [2.45, 2.75) is 31.7 Å². The third kappa shape index (κ3) is 2.46. The summed E-state index contributed by atoms with van der Waals surface area (Å²) in [5.41, 5.74) is 5.01. The Kier molecular flexibility index (Phi) is 3.49. The molecule has 2 unspecified atom stereocenters. The lowest BCUT2D eigenvalue weighted by Crippen LogP contribution is -2.14. The Bertz CT molecular complexity index is 823. The minimum Gasteiger partial charge on any atom is -0.296 e. The molecule has 0 bridgehead atoms. The van der Waals surface area contributed by atoms with Crippen LogP contribution in [0.15, 0.2) is 60.9 Å². The quantitative estimate of drug-likeness (QED) is 0.685. The number of aryl methyl sites for hydroxylation is 1. The summed E-state index contributed by atoms with van der Waals surface area (Å²) >= 11 is 0. The van der Waals surface area contributed by atoms with Crippen LogP contribution in [0.25, 0.3) is 0 Å². The third-order valence-electron chi connectivity index (χ3n) is 4.88. The van der Waals surface area contributed by atoms with Crippen molar-refractivity contribution >= 4 is 0 Å². The van der Waals surface area contributed by atoms with Gasteiger partial charge in [-0.3, -0.25) is 4.57 Å². The largest absolute Gasteiger partial charge is 0.296 e. The van der Waals surface area contributed by atoms with E-state index < -0.39 is 6.08 Å². The maximum absolute atomic E-state index is 14.2. The lowest BCUT2D eigenvalue weighted by Gasteiger charge is -2.21. The molecule has 1 aliphatic rings. The molecule has 0 saturated carbocycles. The second-order valence-corrected chi connectivity index (χ2v) is 6.31. The average Bonchev–Trinajstić information content (AvgIpc) is 3.16. The van der Waals surface area contributed by atoms with Crippen LogP contribution in [0.4, 0.5) is 4.39 Å². The average molecular weight is 306 g/mol.